The van der Waals surface area contributed by atoms with Crippen LogP contribution in [0.4, 0.5) is 5.00 Å². The molecule has 0 saturated heterocycles. The lowest BCUT2D eigenvalue weighted by molar-refractivity contribution is 0.475. The van der Waals surface area contributed by atoms with E-state index in [1.54, 1.807) is 12.3 Å². The Kier molecular flexibility index (Phi) is 4.46. The van der Waals surface area contributed by atoms with Gasteiger partial charge in [-0.3, -0.25) is 5.43 Å². The molecule has 0 aliphatic heterocycles. The lowest BCUT2D eigenvalue weighted by Crippen LogP contribution is -1.92. The molecule has 114 valence electrons. The van der Waals surface area contributed by atoms with Gasteiger partial charge in [0, 0.05) is 5.56 Å². The monoisotopic (exact) mass is 340 g/mol. The fraction of sp³-hybridized carbons (Fsp3) is 0.0625. The van der Waals surface area contributed by atoms with Gasteiger partial charge in [-0.1, -0.05) is 30.3 Å². The number of thioether (sulfide) groups is 1. The summed E-state index contributed by atoms with van der Waals surface area (Å²) < 4.78 is 4.19. The van der Waals surface area contributed by atoms with Gasteiger partial charge in [0.1, 0.15) is 27.4 Å². The number of hydrogen-bond donors (Lipinski definition) is 2. The molecule has 0 amide bonds. The second-order valence-electron chi connectivity index (χ2n) is 4.60. The van der Waals surface area contributed by atoms with E-state index in [1.165, 1.54) is 23.3 Å². The molecule has 3 rings (SSSR count). The largest absolute Gasteiger partial charge is 0.507 e. The smallest absolute Gasteiger partial charge is 0.148 e. The Morgan fingerprint density at radius 1 is 1.35 bits per heavy atom. The van der Waals surface area contributed by atoms with E-state index < -0.39 is 0 Å². The van der Waals surface area contributed by atoms with Crippen molar-refractivity contribution in [2.75, 3.05) is 11.7 Å². The molecule has 5 nitrogen and oxygen atoms in total. The number of phenolic OH excluding ortho intramolecular Hbond substituents is 1. The Bertz CT molecular complexity index is 927. The van der Waals surface area contributed by atoms with Crippen molar-refractivity contribution in [2.24, 2.45) is 5.10 Å². The van der Waals surface area contributed by atoms with Crippen LogP contribution >= 0.6 is 23.3 Å². The third kappa shape index (κ3) is 2.99. The summed E-state index contributed by atoms with van der Waals surface area (Å²) >= 11 is 2.61. The first-order valence-electron chi connectivity index (χ1n) is 6.68. The summed E-state index contributed by atoms with van der Waals surface area (Å²) in [5.41, 5.74) is 3.95. The highest BCUT2D eigenvalue weighted by atomic mass is 32.2. The lowest BCUT2D eigenvalue weighted by atomic mass is 10.0. The summed E-state index contributed by atoms with van der Waals surface area (Å²) in [6.45, 7) is 0. The summed E-state index contributed by atoms with van der Waals surface area (Å²) in [6, 6.07) is 13.4. The van der Waals surface area contributed by atoms with Crippen LogP contribution in [-0.4, -0.2) is 22.0 Å². The van der Waals surface area contributed by atoms with Crippen LogP contribution in [0.25, 0.3) is 10.8 Å². The lowest BCUT2D eigenvalue weighted by Gasteiger charge is -2.04. The molecule has 0 atom stereocenters. The summed E-state index contributed by atoms with van der Waals surface area (Å²) in [5, 5.41) is 26.6. The number of aromatic nitrogens is 1. The molecule has 2 aromatic carbocycles. The van der Waals surface area contributed by atoms with Gasteiger partial charge in [-0.05, 0) is 34.6 Å². The van der Waals surface area contributed by atoms with Crippen LogP contribution in [0, 0.1) is 11.3 Å². The normalized spacial score (nSPS) is 11.0. The van der Waals surface area contributed by atoms with E-state index in [-0.39, 0.29) is 5.75 Å². The molecule has 3 aromatic rings. The third-order valence-corrected chi connectivity index (χ3v) is 4.82. The fourth-order valence-electron chi connectivity index (χ4n) is 2.16. The Balaban J connectivity index is 1.91. The molecule has 1 heterocycles. The van der Waals surface area contributed by atoms with Crippen molar-refractivity contribution in [2.45, 2.75) is 5.03 Å². The molecular formula is C16H12N4OS2. The Morgan fingerprint density at radius 2 is 2.17 bits per heavy atom. The highest BCUT2D eigenvalue weighted by Crippen LogP contribution is 2.30. The van der Waals surface area contributed by atoms with Crippen LogP contribution in [0.15, 0.2) is 46.5 Å². The van der Waals surface area contributed by atoms with Crippen LogP contribution < -0.4 is 5.43 Å². The highest BCUT2D eigenvalue weighted by Gasteiger charge is 2.12. The molecular weight excluding hydrogens is 328 g/mol. The minimum Gasteiger partial charge on any atom is -0.507 e. The molecule has 0 spiro atoms. The molecule has 0 bridgehead atoms. The average molecular weight is 340 g/mol. The molecule has 0 unspecified atom stereocenters. The topological polar surface area (TPSA) is 81.3 Å². The molecule has 0 aliphatic rings. The zero-order valence-corrected chi connectivity index (χ0v) is 13.8. The van der Waals surface area contributed by atoms with E-state index in [2.05, 4.69) is 21.0 Å². The quantitative estimate of drug-likeness (QED) is 0.425. The SMILES string of the molecule is CSc1nsc(NN=Cc2c(O)ccc3ccccc23)c1C#N. The predicted molar refractivity (Wildman–Crippen MR) is 95.4 cm³/mol. The molecule has 0 aliphatic carbocycles. The number of fused-ring (bicyclic) bond motifs is 1. The zero-order valence-electron chi connectivity index (χ0n) is 12.1. The molecule has 7 heteroatoms. The minimum atomic E-state index is 0.156. The van der Waals surface area contributed by atoms with E-state index in [0.29, 0.717) is 21.2 Å². The first-order chi connectivity index (χ1) is 11.2. The molecule has 0 radical (unpaired) electrons. The second kappa shape index (κ2) is 6.69. The minimum absolute atomic E-state index is 0.156. The molecule has 1 aromatic heterocycles. The Morgan fingerprint density at radius 3 is 2.96 bits per heavy atom. The van der Waals surface area contributed by atoms with E-state index in [4.69, 9.17) is 0 Å². The van der Waals surface area contributed by atoms with Crippen molar-refractivity contribution < 1.29 is 5.11 Å². The van der Waals surface area contributed by atoms with Gasteiger partial charge in [0.25, 0.3) is 0 Å². The number of anilines is 1. The number of hydrogen-bond acceptors (Lipinski definition) is 7. The summed E-state index contributed by atoms with van der Waals surface area (Å²) in [5.74, 6) is 0.156. The van der Waals surface area contributed by atoms with Gasteiger partial charge < -0.3 is 5.11 Å². The van der Waals surface area contributed by atoms with E-state index in [9.17, 15) is 10.4 Å². The average Bonchev–Trinajstić information content (AvgIpc) is 2.98. The van der Waals surface area contributed by atoms with Crippen molar-refractivity contribution in [1.29, 1.82) is 5.26 Å². The third-order valence-electron chi connectivity index (χ3n) is 3.27. The van der Waals surface area contributed by atoms with Crippen molar-refractivity contribution in [3.8, 4) is 11.8 Å². The summed E-state index contributed by atoms with van der Waals surface area (Å²) in [7, 11) is 0. The number of phenols is 1. The number of nitrogens with one attached hydrogen (secondary N) is 1. The first-order valence-corrected chi connectivity index (χ1v) is 8.68. The van der Waals surface area contributed by atoms with Gasteiger partial charge in [0.2, 0.25) is 0 Å². The van der Waals surface area contributed by atoms with Gasteiger partial charge in [0.15, 0.2) is 0 Å². The summed E-state index contributed by atoms with van der Waals surface area (Å²) in [4.78, 5) is 0. The van der Waals surface area contributed by atoms with E-state index >= 15 is 0 Å². The molecule has 2 N–H and O–H groups in total. The van der Waals surface area contributed by atoms with Crippen molar-refractivity contribution in [1.82, 2.24) is 4.37 Å². The standard InChI is InChI=1S/C16H12N4OS2/c1-22-16-12(8-17)15(23-20-16)19-18-9-13-11-5-3-2-4-10(11)6-7-14(13)21/h2-7,9,19,21H,1H3. The van der Waals surface area contributed by atoms with Gasteiger partial charge in [-0.25, -0.2) is 0 Å². The van der Waals surface area contributed by atoms with Crippen molar-refractivity contribution in [3.05, 3.63) is 47.5 Å². The van der Waals surface area contributed by atoms with Gasteiger partial charge >= 0.3 is 0 Å². The molecule has 0 saturated carbocycles. The number of benzene rings is 2. The second-order valence-corrected chi connectivity index (χ2v) is 6.17. The number of rotatable bonds is 4. The number of nitrogens with zero attached hydrogens (tertiary/aromatic N) is 3. The maximum Gasteiger partial charge on any atom is 0.148 e. The van der Waals surface area contributed by atoms with E-state index in [0.717, 1.165) is 10.8 Å². The van der Waals surface area contributed by atoms with Gasteiger partial charge in [0.05, 0.1) is 6.21 Å². The maximum atomic E-state index is 10.1. The van der Waals surface area contributed by atoms with Crippen LogP contribution in [0.3, 0.4) is 0 Å². The van der Waals surface area contributed by atoms with Crippen molar-refractivity contribution in [3.63, 3.8) is 0 Å². The van der Waals surface area contributed by atoms with Gasteiger partial charge in [-0.15, -0.1) is 11.8 Å². The number of aromatic hydroxyl groups is 1. The highest BCUT2D eigenvalue weighted by molar-refractivity contribution is 7.98. The number of nitriles is 1. The van der Waals surface area contributed by atoms with Crippen LogP contribution in [0.1, 0.15) is 11.1 Å². The molecule has 23 heavy (non-hydrogen) atoms. The predicted octanol–water partition coefficient (Wildman–Crippen LogP) is 4.04. The Labute approximate surface area is 141 Å². The number of hydrazone groups is 1. The van der Waals surface area contributed by atoms with E-state index in [1.807, 2.05) is 36.6 Å². The van der Waals surface area contributed by atoms with Crippen LogP contribution in [0.2, 0.25) is 0 Å². The Hall–Kier alpha value is -2.56. The fourth-order valence-corrected chi connectivity index (χ4v) is 3.58. The zero-order chi connectivity index (χ0) is 16.2. The van der Waals surface area contributed by atoms with Gasteiger partial charge in [-0.2, -0.15) is 14.7 Å². The first kappa shape index (κ1) is 15.3. The van der Waals surface area contributed by atoms with Crippen LogP contribution in [-0.2, 0) is 0 Å². The van der Waals surface area contributed by atoms with Crippen LogP contribution in [0.5, 0.6) is 5.75 Å². The molecule has 0 fully saturated rings. The van der Waals surface area contributed by atoms with Crippen molar-refractivity contribution >= 4 is 45.3 Å². The maximum absolute atomic E-state index is 10.1. The summed E-state index contributed by atoms with van der Waals surface area (Å²) in [6.07, 6.45) is 3.42.